The minimum absolute atomic E-state index is 0. The third-order valence-corrected chi connectivity index (χ3v) is 5.54. The smallest absolute Gasteiger partial charge is 0.223 e. The first-order chi connectivity index (χ1) is 8.70. The number of hydrogen-bond acceptors (Lipinski definition) is 3. The van der Waals surface area contributed by atoms with Crippen LogP contribution in [0.1, 0.15) is 39.5 Å². The minimum atomic E-state index is 0. The van der Waals surface area contributed by atoms with E-state index in [-0.39, 0.29) is 24.2 Å². The predicted molar refractivity (Wildman–Crippen MR) is 85.1 cm³/mol. The lowest BCUT2D eigenvalue weighted by atomic mass is 9.87. The summed E-state index contributed by atoms with van der Waals surface area (Å²) in [6, 6.07) is 0.422. The third kappa shape index (κ3) is 4.83. The molecule has 0 radical (unpaired) electrons. The van der Waals surface area contributed by atoms with Crippen LogP contribution in [-0.4, -0.2) is 36.0 Å². The van der Waals surface area contributed by atoms with Gasteiger partial charge < -0.3 is 10.6 Å². The van der Waals surface area contributed by atoms with Gasteiger partial charge in [-0.2, -0.15) is 11.8 Å². The number of amides is 1. The number of carbonyl (C=O) groups excluding carboxylic acids is 1. The van der Waals surface area contributed by atoms with E-state index in [9.17, 15) is 4.79 Å². The van der Waals surface area contributed by atoms with Gasteiger partial charge in [-0.25, -0.2) is 0 Å². The average molecular weight is 307 g/mol. The molecule has 1 aliphatic heterocycles. The van der Waals surface area contributed by atoms with Crippen molar-refractivity contribution in [2.75, 3.05) is 18.8 Å². The van der Waals surface area contributed by atoms with Crippen LogP contribution in [0.3, 0.4) is 0 Å². The van der Waals surface area contributed by atoms with E-state index in [1.165, 1.54) is 31.4 Å². The summed E-state index contributed by atoms with van der Waals surface area (Å²) in [5.74, 6) is 2.18. The number of carbonyl (C=O) groups is 1. The summed E-state index contributed by atoms with van der Waals surface area (Å²) < 4.78 is 0. The Kier molecular flexibility index (Phi) is 7.55. The van der Waals surface area contributed by atoms with Crippen LogP contribution >= 0.6 is 24.2 Å². The van der Waals surface area contributed by atoms with Crippen molar-refractivity contribution in [3.63, 3.8) is 0 Å². The van der Waals surface area contributed by atoms with E-state index >= 15 is 0 Å². The molecule has 3 atom stereocenters. The Morgan fingerprint density at radius 3 is 2.74 bits per heavy atom. The SMILES string of the molecule is CCSC1CCCC(NC(=O)C(C)C2CNC2)C1.Cl. The molecule has 2 rings (SSSR count). The van der Waals surface area contributed by atoms with Crippen LogP contribution in [0, 0.1) is 11.8 Å². The van der Waals surface area contributed by atoms with Crippen molar-refractivity contribution in [3.05, 3.63) is 0 Å². The van der Waals surface area contributed by atoms with Gasteiger partial charge in [-0.05, 0) is 44.0 Å². The first-order valence-electron chi connectivity index (χ1n) is 7.33. The van der Waals surface area contributed by atoms with E-state index in [0.29, 0.717) is 12.0 Å². The van der Waals surface area contributed by atoms with Crippen molar-refractivity contribution < 1.29 is 4.79 Å². The summed E-state index contributed by atoms with van der Waals surface area (Å²) in [6.45, 7) is 6.31. The lowest BCUT2D eigenvalue weighted by Crippen LogP contribution is -2.51. The van der Waals surface area contributed by atoms with Crippen molar-refractivity contribution in [1.82, 2.24) is 10.6 Å². The van der Waals surface area contributed by atoms with Crippen LogP contribution in [-0.2, 0) is 4.79 Å². The van der Waals surface area contributed by atoms with Crippen molar-refractivity contribution >= 4 is 30.1 Å². The Morgan fingerprint density at radius 2 is 2.16 bits per heavy atom. The highest BCUT2D eigenvalue weighted by atomic mass is 35.5. The van der Waals surface area contributed by atoms with Gasteiger partial charge in [0.1, 0.15) is 0 Å². The molecule has 2 fully saturated rings. The summed E-state index contributed by atoms with van der Waals surface area (Å²) in [6.07, 6.45) is 4.93. The lowest BCUT2D eigenvalue weighted by Gasteiger charge is -2.34. The van der Waals surface area contributed by atoms with Crippen LogP contribution in [0.25, 0.3) is 0 Å². The zero-order valence-corrected chi connectivity index (χ0v) is 13.6. The maximum absolute atomic E-state index is 12.2. The summed E-state index contributed by atoms with van der Waals surface area (Å²) in [5, 5.41) is 7.28. The molecule has 0 aromatic carbocycles. The zero-order chi connectivity index (χ0) is 13.0. The van der Waals surface area contributed by atoms with Crippen molar-refractivity contribution in [2.24, 2.45) is 11.8 Å². The minimum Gasteiger partial charge on any atom is -0.353 e. The summed E-state index contributed by atoms with van der Waals surface area (Å²) in [5.41, 5.74) is 0. The maximum atomic E-state index is 12.2. The molecular weight excluding hydrogens is 280 g/mol. The normalized spacial score (nSPS) is 28.9. The van der Waals surface area contributed by atoms with E-state index in [0.717, 1.165) is 18.3 Å². The highest BCUT2D eigenvalue weighted by molar-refractivity contribution is 7.99. The number of thioether (sulfide) groups is 1. The molecule has 0 aromatic heterocycles. The largest absolute Gasteiger partial charge is 0.353 e. The van der Waals surface area contributed by atoms with Gasteiger partial charge in [0, 0.05) is 17.2 Å². The number of rotatable bonds is 5. The summed E-state index contributed by atoms with van der Waals surface area (Å²) >= 11 is 2.05. The molecule has 1 heterocycles. The molecule has 2 N–H and O–H groups in total. The Morgan fingerprint density at radius 1 is 1.42 bits per heavy atom. The molecule has 1 saturated heterocycles. The van der Waals surface area contributed by atoms with Gasteiger partial charge >= 0.3 is 0 Å². The lowest BCUT2D eigenvalue weighted by molar-refractivity contribution is -0.127. The van der Waals surface area contributed by atoms with E-state index < -0.39 is 0 Å². The van der Waals surface area contributed by atoms with Crippen LogP contribution < -0.4 is 10.6 Å². The van der Waals surface area contributed by atoms with E-state index in [1.54, 1.807) is 0 Å². The second-order valence-corrected chi connectivity index (χ2v) is 7.23. The molecule has 0 spiro atoms. The molecule has 112 valence electrons. The van der Waals surface area contributed by atoms with Gasteiger partial charge in [-0.1, -0.05) is 20.3 Å². The fourth-order valence-corrected chi connectivity index (χ4v) is 4.05. The van der Waals surface area contributed by atoms with E-state index in [1.807, 2.05) is 0 Å². The summed E-state index contributed by atoms with van der Waals surface area (Å²) in [4.78, 5) is 12.2. The Hall–Kier alpha value is 0.0700. The molecule has 0 bridgehead atoms. The second-order valence-electron chi connectivity index (χ2n) is 5.66. The predicted octanol–water partition coefficient (Wildman–Crippen LogP) is 2.44. The molecule has 1 saturated carbocycles. The van der Waals surface area contributed by atoms with E-state index in [4.69, 9.17) is 0 Å². The molecule has 1 aliphatic carbocycles. The number of halogens is 1. The standard InChI is InChI=1S/C14H26N2OS.ClH/c1-3-18-13-6-4-5-12(7-13)16-14(17)10(2)11-8-15-9-11;/h10-13,15H,3-9H2,1-2H3,(H,16,17);1H. The Bertz CT molecular complexity index is 285. The fourth-order valence-electron chi connectivity index (χ4n) is 2.87. The monoisotopic (exact) mass is 306 g/mol. The molecule has 19 heavy (non-hydrogen) atoms. The van der Waals surface area contributed by atoms with Gasteiger partial charge in [-0.3, -0.25) is 4.79 Å². The second kappa shape index (κ2) is 8.38. The molecule has 3 nitrogen and oxygen atoms in total. The average Bonchev–Trinajstić information content (AvgIpc) is 2.27. The zero-order valence-electron chi connectivity index (χ0n) is 12.0. The quantitative estimate of drug-likeness (QED) is 0.820. The topological polar surface area (TPSA) is 41.1 Å². The van der Waals surface area contributed by atoms with E-state index in [2.05, 4.69) is 36.2 Å². The highest BCUT2D eigenvalue weighted by Gasteiger charge is 2.31. The first kappa shape index (κ1) is 17.1. The molecule has 0 aromatic rings. The molecular formula is C14H27ClN2OS. The van der Waals surface area contributed by atoms with Gasteiger partial charge in [0.2, 0.25) is 5.91 Å². The Balaban J connectivity index is 0.00000180. The van der Waals surface area contributed by atoms with Gasteiger partial charge in [-0.15, -0.1) is 12.4 Å². The number of nitrogens with one attached hydrogen (secondary N) is 2. The van der Waals surface area contributed by atoms with Crippen LogP contribution in [0.15, 0.2) is 0 Å². The Labute approximate surface area is 127 Å². The van der Waals surface area contributed by atoms with Crippen LogP contribution in [0.4, 0.5) is 0 Å². The third-order valence-electron chi connectivity index (χ3n) is 4.31. The number of hydrogen-bond donors (Lipinski definition) is 2. The first-order valence-corrected chi connectivity index (χ1v) is 8.38. The fraction of sp³-hybridized carbons (Fsp3) is 0.929. The van der Waals surface area contributed by atoms with Gasteiger partial charge in [0.15, 0.2) is 0 Å². The van der Waals surface area contributed by atoms with Crippen molar-refractivity contribution in [2.45, 2.75) is 50.8 Å². The molecule has 3 unspecified atom stereocenters. The molecule has 2 aliphatic rings. The summed E-state index contributed by atoms with van der Waals surface area (Å²) in [7, 11) is 0. The molecule has 1 amide bonds. The van der Waals surface area contributed by atoms with Crippen molar-refractivity contribution in [3.8, 4) is 0 Å². The molecule has 5 heteroatoms. The maximum Gasteiger partial charge on any atom is 0.223 e. The van der Waals surface area contributed by atoms with Gasteiger partial charge in [0.05, 0.1) is 0 Å². The van der Waals surface area contributed by atoms with Gasteiger partial charge in [0.25, 0.3) is 0 Å². The van der Waals surface area contributed by atoms with Crippen LogP contribution in [0.2, 0.25) is 0 Å². The highest BCUT2D eigenvalue weighted by Crippen LogP contribution is 2.28. The van der Waals surface area contributed by atoms with Crippen LogP contribution in [0.5, 0.6) is 0 Å². The van der Waals surface area contributed by atoms with Crippen molar-refractivity contribution in [1.29, 1.82) is 0 Å².